The van der Waals surface area contributed by atoms with Crippen LogP contribution in [0.15, 0.2) is 51.7 Å². The highest BCUT2D eigenvalue weighted by Crippen LogP contribution is 2.26. The number of aliphatic imine (C=N–C) groups is 1. The van der Waals surface area contributed by atoms with Crippen LogP contribution in [-0.4, -0.2) is 26.1 Å². The highest BCUT2D eigenvalue weighted by molar-refractivity contribution is 6.13. The van der Waals surface area contributed by atoms with E-state index >= 15 is 0 Å². The Hall–Kier alpha value is -3.02. The first kappa shape index (κ1) is 13.9. The van der Waals surface area contributed by atoms with Gasteiger partial charge in [-0.2, -0.15) is 0 Å². The molecule has 0 amide bonds. The Labute approximate surface area is 126 Å². The monoisotopic (exact) mass is 299 g/mol. The summed E-state index contributed by atoms with van der Waals surface area (Å²) >= 11 is 0. The molecule has 0 saturated heterocycles. The molecule has 0 N–H and O–H groups in total. The maximum Gasteiger partial charge on any atom is 0.363 e. The van der Waals surface area contributed by atoms with Gasteiger partial charge in [-0.25, -0.2) is 9.79 Å². The van der Waals surface area contributed by atoms with E-state index in [1.165, 1.54) is 12.3 Å². The number of hydrogen-bond acceptors (Lipinski definition) is 6. The van der Waals surface area contributed by atoms with Crippen molar-refractivity contribution in [1.82, 2.24) is 0 Å². The lowest BCUT2D eigenvalue weighted by Gasteiger charge is -2.07. The number of carbonyl (C=O) groups excluding carboxylic acids is 1. The van der Waals surface area contributed by atoms with Crippen LogP contribution in [0.4, 0.5) is 0 Å². The third-order valence-corrected chi connectivity index (χ3v) is 3.04. The van der Waals surface area contributed by atoms with Crippen molar-refractivity contribution >= 4 is 17.9 Å². The highest BCUT2D eigenvalue weighted by Gasteiger charge is 2.25. The molecule has 1 aliphatic rings. The lowest BCUT2D eigenvalue weighted by atomic mass is 10.2. The summed E-state index contributed by atoms with van der Waals surface area (Å²) in [5, 5.41) is 0. The average Bonchev–Trinajstić information content (AvgIpc) is 3.17. The van der Waals surface area contributed by atoms with E-state index in [1.54, 1.807) is 44.6 Å². The van der Waals surface area contributed by atoms with Crippen LogP contribution in [0.1, 0.15) is 11.3 Å². The van der Waals surface area contributed by atoms with Crippen molar-refractivity contribution in [3.05, 3.63) is 53.6 Å². The highest BCUT2D eigenvalue weighted by atomic mass is 16.6. The lowest BCUT2D eigenvalue weighted by Crippen LogP contribution is -2.06. The molecule has 0 atom stereocenters. The second kappa shape index (κ2) is 5.77. The molecule has 0 fully saturated rings. The molecule has 112 valence electrons. The second-order valence-corrected chi connectivity index (χ2v) is 4.45. The molecule has 1 aliphatic heterocycles. The van der Waals surface area contributed by atoms with Crippen LogP contribution in [0, 0.1) is 0 Å². The minimum Gasteiger partial charge on any atom is -0.497 e. The van der Waals surface area contributed by atoms with Gasteiger partial charge in [0.05, 0.1) is 20.5 Å². The zero-order valence-electron chi connectivity index (χ0n) is 12.0. The summed E-state index contributed by atoms with van der Waals surface area (Å²) < 4.78 is 20.7. The van der Waals surface area contributed by atoms with Crippen LogP contribution in [0.3, 0.4) is 0 Å². The van der Waals surface area contributed by atoms with Crippen LogP contribution in [0.2, 0.25) is 0 Å². The van der Waals surface area contributed by atoms with E-state index in [0.717, 1.165) is 0 Å². The molecule has 0 spiro atoms. The summed E-state index contributed by atoms with van der Waals surface area (Å²) in [5.74, 6) is 1.35. The molecule has 0 saturated carbocycles. The fraction of sp³-hybridized carbons (Fsp3) is 0.125. The van der Waals surface area contributed by atoms with Gasteiger partial charge in [0, 0.05) is 17.7 Å². The number of methoxy groups -OCH3 is 2. The van der Waals surface area contributed by atoms with E-state index in [1.807, 2.05) is 0 Å². The number of ether oxygens (including phenoxy) is 3. The molecule has 6 heteroatoms. The number of benzene rings is 1. The first-order valence-corrected chi connectivity index (χ1v) is 6.49. The van der Waals surface area contributed by atoms with E-state index in [0.29, 0.717) is 22.8 Å². The molecular weight excluding hydrogens is 286 g/mol. The summed E-state index contributed by atoms with van der Waals surface area (Å²) in [6.45, 7) is 0. The Kier molecular flexibility index (Phi) is 3.65. The molecule has 0 bridgehead atoms. The van der Waals surface area contributed by atoms with E-state index in [2.05, 4.69) is 4.99 Å². The first-order chi connectivity index (χ1) is 10.7. The van der Waals surface area contributed by atoms with E-state index < -0.39 is 5.97 Å². The largest absolute Gasteiger partial charge is 0.497 e. The van der Waals surface area contributed by atoms with Gasteiger partial charge >= 0.3 is 5.97 Å². The van der Waals surface area contributed by atoms with Gasteiger partial charge in [0.2, 0.25) is 5.90 Å². The molecule has 0 aliphatic carbocycles. The Bertz CT molecular complexity index is 737. The van der Waals surface area contributed by atoms with Gasteiger partial charge in [0.15, 0.2) is 5.70 Å². The SMILES string of the molecule is COc1cc(OC)cc(C2=N/C(=C/c3ccco3)C(=O)O2)c1. The number of nitrogens with zero attached hydrogens (tertiary/aromatic N) is 1. The number of carbonyl (C=O) groups is 1. The van der Waals surface area contributed by atoms with Crippen LogP contribution >= 0.6 is 0 Å². The van der Waals surface area contributed by atoms with Gasteiger partial charge in [-0.05, 0) is 24.3 Å². The molecule has 2 heterocycles. The summed E-state index contributed by atoms with van der Waals surface area (Å²) in [7, 11) is 3.09. The number of cyclic esters (lactones) is 1. The minimum absolute atomic E-state index is 0.173. The number of furan rings is 1. The fourth-order valence-electron chi connectivity index (χ4n) is 1.97. The Morgan fingerprint density at radius 3 is 2.45 bits per heavy atom. The zero-order valence-corrected chi connectivity index (χ0v) is 12.0. The summed E-state index contributed by atoms with van der Waals surface area (Å²) in [6.07, 6.45) is 3.04. The summed E-state index contributed by atoms with van der Waals surface area (Å²) in [5.41, 5.74) is 0.763. The van der Waals surface area contributed by atoms with Crippen molar-refractivity contribution in [3.8, 4) is 11.5 Å². The molecule has 3 rings (SSSR count). The predicted octanol–water partition coefficient (Wildman–Crippen LogP) is 2.64. The van der Waals surface area contributed by atoms with Crippen molar-refractivity contribution in [2.45, 2.75) is 0 Å². The average molecular weight is 299 g/mol. The molecule has 1 aromatic heterocycles. The summed E-state index contributed by atoms with van der Waals surface area (Å²) in [6, 6.07) is 8.60. The zero-order chi connectivity index (χ0) is 15.5. The lowest BCUT2D eigenvalue weighted by molar-refractivity contribution is -0.129. The second-order valence-electron chi connectivity index (χ2n) is 4.45. The van der Waals surface area contributed by atoms with E-state index in [9.17, 15) is 4.79 Å². The molecule has 0 unspecified atom stereocenters. The standard InChI is InChI=1S/C16H13NO5/c1-19-12-6-10(7-13(8-12)20-2)15-17-14(16(18)22-15)9-11-4-3-5-21-11/h3-9H,1-2H3/b14-9+. The molecule has 6 nitrogen and oxygen atoms in total. The van der Waals surface area contributed by atoms with Gasteiger partial charge < -0.3 is 18.6 Å². The van der Waals surface area contributed by atoms with Crippen LogP contribution in [-0.2, 0) is 9.53 Å². The molecule has 2 aromatic rings. The quantitative estimate of drug-likeness (QED) is 0.641. The maximum atomic E-state index is 11.9. The van der Waals surface area contributed by atoms with Gasteiger partial charge in [0.1, 0.15) is 17.3 Å². The van der Waals surface area contributed by atoms with E-state index in [-0.39, 0.29) is 11.6 Å². The van der Waals surface area contributed by atoms with Crippen molar-refractivity contribution in [2.24, 2.45) is 4.99 Å². The molecule has 22 heavy (non-hydrogen) atoms. The van der Waals surface area contributed by atoms with Gasteiger partial charge in [-0.15, -0.1) is 0 Å². The number of hydrogen-bond donors (Lipinski definition) is 0. The number of rotatable bonds is 4. The van der Waals surface area contributed by atoms with Gasteiger partial charge in [-0.3, -0.25) is 0 Å². The molecule has 0 radical (unpaired) electrons. The number of esters is 1. The minimum atomic E-state index is -0.534. The van der Waals surface area contributed by atoms with Crippen molar-refractivity contribution in [2.75, 3.05) is 14.2 Å². The predicted molar refractivity (Wildman–Crippen MR) is 78.9 cm³/mol. The van der Waals surface area contributed by atoms with E-state index in [4.69, 9.17) is 18.6 Å². The van der Waals surface area contributed by atoms with Crippen LogP contribution in [0.25, 0.3) is 6.08 Å². The third-order valence-electron chi connectivity index (χ3n) is 3.04. The maximum absolute atomic E-state index is 11.9. The van der Waals surface area contributed by atoms with Crippen LogP contribution in [0.5, 0.6) is 11.5 Å². The topological polar surface area (TPSA) is 70.3 Å². The Morgan fingerprint density at radius 2 is 1.86 bits per heavy atom. The van der Waals surface area contributed by atoms with Gasteiger partial charge in [-0.1, -0.05) is 0 Å². The molecular formula is C16H13NO5. The smallest absolute Gasteiger partial charge is 0.363 e. The molecule has 1 aromatic carbocycles. The Morgan fingerprint density at radius 1 is 1.14 bits per heavy atom. The normalized spacial score (nSPS) is 15.6. The fourth-order valence-corrected chi connectivity index (χ4v) is 1.97. The first-order valence-electron chi connectivity index (χ1n) is 6.49. The Balaban J connectivity index is 1.97. The van der Waals surface area contributed by atoms with Crippen molar-refractivity contribution in [3.63, 3.8) is 0 Å². The van der Waals surface area contributed by atoms with Crippen molar-refractivity contribution in [1.29, 1.82) is 0 Å². The summed E-state index contributed by atoms with van der Waals surface area (Å²) in [4.78, 5) is 16.1. The van der Waals surface area contributed by atoms with Crippen molar-refractivity contribution < 1.29 is 23.4 Å². The van der Waals surface area contributed by atoms with Crippen LogP contribution < -0.4 is 9.47 Å². The third kappa shape index (κ3) is 2.71. The van der Waals surface area contributed by atoms with Gasteiger partial charge in [0.25, 0.3) is 0 Å².